The first-order chi connectivity index (χ1) is 9.69. The second-order valence-electron chi connectivity index (χ2n) is 5.46. The Balaban J connectivity index is 2.19. The van der Waals surface area contributed by atoms with Gasteiger partial charge >= 0.3 is 0 Å². The summed E-state index contributed by atoms with van der Waals surface area (Å²) in [5.41, 5.74) is 6.49. The van der Waals surface area contributed by atoms with Crippen LogP contribution in [0.2, 0.25) is 0 Å². The Hall–Kier alpha value is -1.55. The quantitative estimate of drug-likeness (QED) is 0.918. The fourth-order valence-electron chi connectivity index (χ4n) is 3.13. The van der Waals surface area contributed by atoms with Crippen molar-refractivity contribution in [3.8, 4) is 5.75 Å². The summed E-state index contributed by atoms with van der Waals surface area (Å²) in [6.07, 6.45) is 4.55. The summed E-state index contributed by atoms with van der Waals surface area (Å²) in [7, 11) is 3.48. The van der Waals surface area contributed by atoms with Crippen molar-refractivity contribution in [2.75, 3.05) is 20.7 Å². The number of hydrogen-bond donors (Lipinski definition) is 1. The van der Waals surface area contributed by atoms with Gasteiger partial charge in [0.05, 0.1) is 12.7 Å². The standard InChI is InChI=1S/C16H24N2O2/c1-18(14-9-5-3-7-12(14)11-17)16(19)13-8-4-6-10-15(13)20-2/h4,6,8,10,12,14H,3,5,7,9,11,17H2,1-2H3. The number of nitrogens with two attached hydrogens (primary N) is 1. The molecule has 2 rings (SSSR count). The first-order valence-corrected chi connectivity index (χ1v) is 7.29. The molecule has 1 amide bonds. The maximum Gasteiger partial charge on any atom is 0.257 e. The van der Waals surface area contributed by atoms with Gasteiger partial charge < -0.3 is 15.4 Å². The molecule has 1 aliphatic carbocycles. The van der Waals surface area contributed by atoms with Crippen LogP contribution in [0.1, 0.15) is 36.0 Å². The minimum atomic E-state index is 0.0211. The second-order valence-corrected chi connectivity index (χ2v) is 5.46. The minimum absolute atomic E-state index is 0.0211. The van der Waals surface area contributed by atoms with Crippen molar-refractivity contribution in [1.29, 1.82) is 0 Å². The van der Waals surface area contributed by atoms with Gasteiger partial charge in [-0.05, 0) is 37.4 Å². The van der Waals surface area contributed by atoms with Crippen LogP contribution in [0.25, 0.3) is 0 Å². The minimum Gasteiger partial charge on any atom is -0.496 e. The van der Waals surface area contributed by atoms with E-state index in [9.17, 15) is 4.79 Å². The van der Waals surface area contributed by atoms with Gasteiger partial charge in [-0.15, -0.1) is 0 Å². The Morgan fingerprint density at radius 3 is 2.75 bits per heavy atom. The Morgan fingerprint density at radius 1 is 1.35 bits per heavy atom. The predicted molar refractivity (Wildman–Crippen MR) is 79.9 cm³/mol. The predicted octanol–water partition coefficient (Wildman–Crippen LogP) is 2.28. The van der Waals surface area contributed by atoms with Gasteiger partial charge in [-0.2, -0.15) is 0 Å². The van der Waals surface area contributed by atoms with Gasteiger partial charge in [-0.1, -0.05) is 25.0 Å². The number of methoxy groups -OCH3 is 1. The Bertz CT molecular complexity index is 462. The molecule has 2 atom stereocenters. The van der Waals surface area contributed by atoms with E-state index in [0.29, 0.717) is 23.8 Å². The first-order valence-electron chi connectivity index (χ1n) is 7.29. The van der Waals surface area contributed by atoms with Crippen LogP contribution >= 0.6 is 0 Å². The molecule has 0 aromatic heterocycles. The lowest BCUT2D eigenvalue weighted by atomic mass is 9.83. The molecule has 4 nitrogen and oxygen atoms in total. The van der Waals surface area contributed by atoms with Gasteiger partial charge in [-0.25, -0.2) is 0 Å². The topological polar surface area (TPSA) is 55.6 Å². The van der Waals surface area contributed by atoms with E-state index in [-0.39, 0.29) is 11.9 Å². The van der Waals surface area contributed by atoms with Crippen LogP contribution in [0.5, 0.6) is 5.75 Å². The van der Waals surface area contributed by atoms with Gasteiger partial charge in [0, 0.05) is 13.1 Å². The lowest BCUT2D eigenvalue weighted by Crippen LogP contribution is -2.46. The monoisotopic (exact) mass is 276 g/mol. The molecule has 1 aromatic rings. The van der Waals surface area contributed by atoms with Crippen molar-refractivity contribution in [3.05, 3.63) is 29.8 Å². The van der Waals surface area contributed by atoms with Crippen LogP contribution in [0.15, 0.2) is 24.3 Å². The SMILES string of the molecule is COc1ccccc1C(=O)N(C)C1CCCCC1CN. The van der Waals surface area contributed by atoms with Crippen LogP contribution in [-0.4, -0.2) is 37.6 Å². The van der Waals surface area contributed by atoms with Crippen LogP contribution in [0, 0.1) is 5.92 Å². The highest BCUT2D eigenvalue weighted by Gasteiger charge is 2.31. The van der Waals surface area contributed by atoms with Crippen molar-refractivity contribution in [1.82, 2.24) is 4.90 Å². The van der Waals surface area contributed by atoms with Crippen molar-refractivity contribution < 1.29 is 9.53 Å². The number of carbonyl (C=O) groups excluding carboxylic acids is 1. The average molecular weight is 276 g/mol. The van der Waals surface area contributed by atoms with E-state index in [1.807, 2.05) is 36.2 Å². The lowest BCUT2D eigenvalue weighted by molar-refractivity contribution is 0.0617. The van der Waals surface area contributed by atoms with Gasteiger partial charge in [0.2, 0.25) is 0 Å². The molecule has 4 heteroatoms. The van der Waals surface area contributed by atoms with E-state index in [1.165, 1.54) is 12.8 Å². The maximum absolute atomic E-state index is 12.7. The summed E-state index contributed by atoms with van der Waals surface area (Å²) in [6.45, 7) is 0.647. The third kappa shape index (κ3) is 2.96. The molecule has 0 heterocycles. The molecule has 1 saturated carbocycles. The molecule has 1 fully saturated rings. The number of nitrogens with zero attached hydrogens (tertiary/aromatic N) is 1. The van der Waals surface area contributed by atoms with E-state index >= 15 is 0 Å². The molecule has 20 heavy (non-hydrogen) atoms. The highest BCUT2D eigenvalue weighted by Crippen LogP contribution is 2.29. The summed E-state index contributed by atoms with van der Waals surface area (Å²) in [5, 5.41) is 0. The summed E-state index contributed by atoms with van der Waals surface area (Å²) in [5.74, 6) is 1.06. The largest absolute Gasteiger partial charge is 0.496 e. The highest BCUT2D eigenvalue weighted by molar-refractivity contribution is 5.97. The fourth-order valence-corrected chi connectivity index (χ4v) is 3.13. The smallest absolute Gasteiger partial charge is 0.257 e. The molecular formula is C16H24N2O2. The molecular weight excluding hydrogens is 252 g/mol. The lowest BCUT2D eigenvalue weighted by Gasteiger charge is -2.37. The number of para-hydroxylation sites is 1. The molecule has 0 bridgehead atoms. The Morgan fingerprint density at radius 2 is 2.05 bits per heavy atom. The van der Waals surface area contributed by atoms with Crippen molar-refractivity contribution in [3.63, 3.8) is 0 Å². The van der Waals surface area contributed by atoms with E-state index in [0.717, 1.165) is 12.8 Å². The molecule has 1 aromatic carbocycles. The zero-order chi connectivity index (χ0) is 14.5. The average Bonchev–Trinajstić information content (AvgIpc) is 2.53. The third-order valence-electron chi connectivity index (χ3n) is 4.33. The second kappa shape index (κ2) is 6.75. The van der Waals surface area contributed by atoms with Crippen molar-refractivity contribution in [2.45, 2.75) is 31.7 Å². The van der Waals surface area contributed by atoms with Gasteiger partial charge in [0.1, 0.15) is 5.75 Å². The number of carbonyl (C=O) groups is 1. The zero-order valence-electron chi connectivity index (χ0n) is 12.3. The number of benzene rings is 1. The molecule has 0 aliphatic heterocycles. The van der Waals surface area contributed by atoms with E-state index in [2.05, 4.69) is 0 Å². The molecule has 0 spiro atoms. The van der Waals surface area contributed by atoms with Crippen molar-refractivity contribution in [2.24, 2.45) is 11.7 Å². The molecule has 1 aliphatic rings. The Labute approximate surface area is 120 Å². The first kappa shape index (κ1) is 14.9. The van der Waals surface area contributed by atoms with Crippen LogP contribution in [0.3, 0.4) is 0 Å². The fraction of sp³-hybridized carbons (Fsp3) is 0.562. The highest BCUT2D eigenvalue weighted by atomic mass is 16.5. The number of amides is 1. The molecule has 0 radical (unpaired) electrons. The molecule has 110 valence electrons. The van der Waals surface area contributed by atoms with Crippen LogP contribution < -0.4 is 10.5 Å². The maximum atomic E-state index is 12.7. The number of rotatable bonds is 4. The zero-order valence-corrected chi connectivity index (χ0v) is 12.3. The van der Waals surface area contributed by atoms with Crippen LogP contribution in [-0.2, 0) is 0 Å². The van der Waals surface area contributed by atoms with E-state index < -0.39 is 0 Å². The van der Waals surface area contributed by atoms with Gasteiger partial charge in [-0.3, -0.25) is 4.79 Å². The molecule has 0 saturated heterocycles. The number of hydrogen-bond acceptors (Lipinski definition) is 3. The molecule has 2 N–H and O–H groups in total. The van der Waals surface area contributed by atoms with Crippen molar-refractivity contribution >= 4 is 5.91 Å². The summed E-state index contributed by atoms with van der Waals surface area (Å²) in [4.78, 5) is 14.5. The third-order valence-corrected chi connectivity index (χ3v) is 4.33. The summed E-state index contributed by atoms with van der Waals surface area (Å²) >= 11 is 0. The van der Waals surface area contributed by atoms with E-state index in [1.54, 1.807) is 7.11 Å². The van der Waals surface area contributed by atoms with Gasteiger partial charge in [0.25, 0.3) is 5.91 Å². The normalized spacial score (nSPS) is 22.4. The van der Waals surface area contributed by atoms with Gasteiger partial charge in [0.15, 0.2) is 0 Å². The summed E-state index contributed by atoms with van der Waals surface area (Å²) < 4.78 is 5.28. The van der Waals surface area contributed by atoms with E-state index in [4.69, 9.17) is 10.5 Å². The summed E-state index contributed by atoms with van der Waals surface area (Å²) in [6, 6.07) is 7.62. The van der Waals surface area contributed by atoms with Crippen LogP contribution in [0.4, 0.5) is 0 Å². The Kier molecular flexibility index (Phi) is 5.01. The number of ether oxygens (including phenoxy) is 1. The molecule has 2 unspecified atom stereocenters.